The molecular formula is C21H28N2O4. The molecular weight excluding hydrogens is 344 g/mol. The van der Waals surface area contributed by atoms with Crippen LogP contribution in [0.15, 0.2) is 24.3 Å². The van der Waals surface area contributed by atoms with E-state index < -0.39 is 5.97 Å². The maximum absolute atomic E-state index is 13.0. The highest BCUT2D eigenvalue weighted by atomic mass is 16.5. The van der Waals surface area contributed by atoms with Crippen molar-refractivity contribution in [1.82, 2.24) is 9.88 Å². The number of nitrogens with zero attached hydrogens (tertiary/aromatic N) is 1. The number of ether oxygens (including phenoxy) is 2. The van der Waals surface area contributed by atoms with Crippen LogP contribution in [0.1, 0.15) is 51.5 Å². The number of carbonyl (C=O) groups excluding carboxylic acids is 2. The second kappa shape index (κ2) is 8.86. The summed E-state index contributed by atoms with van der Waals surface area (Å²) in [5.41, 5.74) is 3.26. The van der Waals surface area contributed by atoms with Gasteiger partial charge in [0.15, 0.2) is 5.78 Å². The van der Waals surface area contributed by atoms with Crippen molar-refractivity contribution >= 4 is 11.8 Å². The fraction of sp³-hybridized carbons (Fsp3) is 0.429. The Bertz CT molecular complexity index is 808. The predicted molar refractivity (Wildman–Crippen MR) is 104 cm³/mol. The first kappa shape index (κ1) is 20.7. The highest BCUT2D eigenvalue weighted by Gasteiger charge is 2.27. The van der Waals surface area contributed by atoms with Gasteiger partial charge < -0.3 is 14.5 Å². The number of benzene rings is 1. The third kappa shape index (κ3) is 4.57. The summed E-state index contributed by atoms with van der Waals surface area (Å²) in [5.74, 6) is 0.343. The van der Waals surface area contributed by atoms with Crippen LogP contribution in [-0.4, -0.2) is 48.4 Å². The number of hydrogen-bond donors (Lipinski definition) is 1. The van der Waals surface area contributed by atoms with Crippen LogP contribution in [0.4, 0.5) is 0 Å². The van der Waals surface area contributed by atoms with Crippen molar-refractivity contribution in [3.63, 3.8) is 0 Å². The van der Waals surface area contributed by atoms with E-state index in [1.807, 2.05) is 50.1 Å². The monoisotopic (exact) mass is 372 g/mol. The molecule has 6 heteroatoms. The summed E-state index contributed by atoms with van der Waals surface area (Å²) in [4.78, 5) is 29.9. The lowest BCUT2D eigenvalue weighted by atomic mass is 10.0. The van der Waals surface area contributed by atoms with Crippen LogP contribution < -0.4 is 4.74 Å². The van der Waals surface area contributed by atoms with Crippen molar-refractivity contribution in [1.29, 1.82) is 0 Å². The number of aromatic amines is 1. The number of Topliss-reactive ketones (excluding diaryl/α,β-unsaturated/α-hetero) is 1. The number of H-pyrrole nitrogens is 1. The molecule has 0 spiro atoms. The molecule has 0 fully saturated rings. The Kier molecular flexibility index (Phi) is 6.80. The van der Waals surface area contributed by atoms with Crippen molar-refractivity contribution in [2.75, 3.05) is 20.8 Å². The van der Waals surface area contributed by atoms with Gasteiger partial charge in [-0.2, -0.15) is 0 Å². The normalized spacial score (nSPS) is 12.1. The number of nitrogens with one attached hydrogen (secondary N) is 1. The molecule has 27 heavy (non-hydrogen) atoms. The minimum Gasteiger partial charge on any atom is -0.494 e. The Balaban J connectivity index is 2.13. The maximum Gasteiger partial charge on any atom is 0.339 e. The lowest BCUT2D eigenvalue weighted by Gasteiger charge is -2.23. The number of aryl methyl sites for hydroxylation is 1. The Morgan fingerprint density at radius 1 is 1.19 bits per heavy atom. The molecule has 1 heterocycles. The first-order chi connectivity index (χ1) is 12.8. The van der Waals surface area contributed by atoms with Gasteiger partial charge in [-0.15, -0.1) is 0 Å². The Morgan fingerprint density at radius 3 is 2.37 bits per heavy atom. The molecule has 0 aliphatic heterocycles. The summed E-state index contributed by atoms with van der Waals surface area (Å²) in [6.45, 7) is 8.61. The predicted octanol–water partition coefficient (Wildman–Crippen LogP) is 3.52. The quantitative estimate of drug-likeness (QED) is 0.567. The molecule has 1 atom stereocenters. The lowest BCUT2D eigenvalue weighted by Crippen LogP contribution is -2.36. The Hall–Kier alpha value is -2.60. The second-order valence-electron chi connectivity index (χ2n) is 6.65. The highest BCUT2D eigenvalue weighted by molar-refractivity contribution is 6.03. The van der Waals surface area contributed by atoms with E-state index in [0.717, 1.165) is 11.3 Å². The van der Waals surface area contributed by atoms with E-state index in [-0.39, 0.29) is 11.8 Å². The summed E-state index contributed by atoms with van der Waals surface area (Å²) in [5, 5.41) is 0. The van der Waals surface area contributed by atoms with Gasteiger partial charge in [-0.05, 0) is 58.0 Å². The van der Waals surface area contributed by atoms with Gasteiger partial charge in [0.2, 0.25) is 0 Å². The van der Waals surface area contributed by atoms with Gasteiger partial charge in [-0.25, -0.2) is 4.79 Å². The Labute approximate surface area is 160 Å². The standard InChI is InChI=1S/C21H28N2O4/c1-7-27-17-10-8-16(9-11-17)12-23(5)15(4)20(24)19-13(2)18(14(3)22-19)21(25)26-6/h8-11,15,22H,7,12H2,1-6H3. The minimum absolute atomic E-state index is 0.0563. The van der Waals surface area contributed by atoms with Gasteiger partial charge in [0.05, 0.1) is 31.0 Å². The van der Waals surface area contributed by atoms with Gasteiger partial charge in [0.25, 0.3) is 0 Å². The molecule has 1 aromatic carbocycles. The van der Waals surface area contributed by atoms with Gasteiger partial charge in [-0.1, -0.05) is 12.1 Å². The molecule has 0 aliphatic carbocycles. The zero-order chi connectivity index (χ0) is 20.1. The number of ketones is 1. The molecule has 0 saturated carbocycles. The zero-order valence-corrected chi connectivity index (χ0v) is 16.9. The number of likely N-dealkylation sites (N-methyl/N-ethyl adjacent to an activating group) is 1. The smallest absolute Gasteiger partial charge is 0.339 e. The molecule has 2 aromatic rings. The molecule has 6 nitrogen and oxygen atoms in total. The Morgan fingerprint density at radius 2 is 1.81 bits per heavy atom. The van der Waals surface area contributed by atoms with Crippen molar-refractivity contribution in [3.05, 3.63) is 52.3 Å². The average Bonchev–Trinajstić information content (AvgIpc) is 2.96. The van der Waals surface area contributed by atoms with Crippen LogP contribution in [0, 0.1) is 13.8 Å². The van der Waals surface area contributed by atoms with Crippen molar-refractivity contribution in [2.24, 2.45) is 0 Å². The van der Waals surface area contributed by atoms with E-state index in [1.54, 1.807) is 13.8 Å². The molecule has 1 N–H and O–H groups in total. The second-order valence-corrected chi connectivity index (χ2v) is 6.65. The van der Waals surface area contributed by atoms with E-state index in [4.69, 9.17) is 9.47 Å². The van der Waals surface area contributed by atoms with Crippen LogP contribution in [-0.2, 0) is 11.3 Å². The van der Waals surface area contributed by atoms with Crippen molar-refractivity contribution < 1.29 is 19.1 Å². The number of methoxy groups -OCH3 is 1. The zero-order valence-electron chi connectivity index (χ0n) is 16.9. The van der Waals surface area contributed by atoms with Crippen molar-refractivity contribution in [3.8, 4) is 5.75 Å². The molecule has 0 radical (unpaired) electrons. The van der Waals surface area contributed by atoms with E-state index in [1.165, 1.54) is 7.11 Å². The van der Waals surface area contributed by atoms with Crippen LogP contribution in [0.25, 0.3) is 0 Å². The van der Waals surface area contributed by atoms with Crippen LogP contribution in [0.5, 0.6) is 5.75 Å². The fourth-order valence-electron chi connectivity index (χ4n) is 3.10. The summed E-state index contributed by atoms with van der Waals surface area (Å²) >= 11 is 0. The summed E-state index contributed by atoms with van der Waals surface area (Å²) in [6, 6.07) is 7.51. The first-order valence-corrected chi connectivity index (χ1v) is 9.03. The van der Waals surface area contributed by atoms with E-state index >= 15 is 0 Å². The van der Waals surface area contributed by atoms with Crippen LogP contribution in [0.3, 0.4) is 0 Å². The molecule has 0 saturated heterocycles. The number of esters is 1. The number of hydrogen-bond acceptors (Lipinski definition) is 5. The van der Waals surface area contributed by atoms with Crippen LogP contribution >= 0.6 is 0 Å². The maximum atomic E-state index is 13.0. The SMILES string of the molecule is CCOc1ccc(CN(C)C(C)C(=O)c2[nH]c(C)c(C(=O)OC)c2C)cc1. The summed E-state index contributed by atoms with van der Waals surface area (Å²) < 4.78 is 10.3. The largest absolute Gasteiger partial charge is 0.494 e. The topological polar surface area (TPSA) is 71.6 Å². The van der Waals surface area contributed by atoms with Gasteiger partial charge in [-0.3, -0.25) is 9.69 Å². The fourth-order valence-corrected chi connectivity index (χ4v) is 3.10. The van der Waals surface area contributed by atoms with E-state index in [9.17, 15) is 9.59 Å². The molecule has 2 rings (SSSR count). The van der Waals surface area contributed by atoms with Crippen LogP contribution in [0.2, 0.25) is 0 Å². The lowest BCUT2D eigenvalue weighted by molar-refractivity contribution is 0.0599. The average molecular weight is 372 g/mol. The number of carbonyl (C=O) groups is 2. The first-order valence-electron chi connectivity index (χ1n) is 9.03. The molecule has 0 bridgehead atoms. The van der Waals surface area contributed by atoms with Gasteiger partial charge in [0, 0.05) is 12.2 Å². The third-order valence-electron chi connectivity index (χ3n) is 4.78. The van der Waals surface area contributed by atoms with E-state index in [2.05, 4.69) is 4.98 Å². The molecule has 1 aromatic heterocycles. The summed E-state index contributed by atoms with van der Waals surface area (Å²) in [6.07, 6.45) is 0. The van der Waals surface area contributed by atoms with Gasteiger partial charge >= 0.3 is 5.97 Å². The highest BCUT2D eigenvalue weighted by Crippen LogP contribution is 2.22. The van der Waals surface area contributed by atoms with Crippen molar-refractivity contribution in [2.45, 2.75) is 40.3 Å². The minimum atomic E-state index is -0.435. The molecule has 0 amide bonds. The molecule has 146 valence electrons. The van der Waals surface area contributed by atoms with Gasteiger partial charge in [0.1, 0.15) is 5.75 Å². The third-order valence-corrected chi connectivity index (χ3v) is 4.78. The summed E-state index contributed by atoms with van der Waals surface area (Å²) in [7, 11) is 3.24. The van der Waals surface area contributed by atoms with E-state index in [0.29, 0.717) is 35.7 Å². The number of rotatable bonds is 8. The molecule has 0 aliphatic rings. The number of aromatic nitrogens is 1. The molecule has 1 unspecified atom stereocenters.